The van der Waals surface area contributed by atoms with Crippen LogP contribution in [0.2, 0.25) is 0 Å². The molecule has 102 valence electrons. The summed E-state index contributed by atoms with van der Waals surface area (Å²) in [5.74, 6) is 0.454. The van der Waals surface area contributed by atoms with Crippen LogP contribution in [0.4, 0.5) is 5.69 Å². The summed E-state index contributed by atoms with van der Waals surface area (Å²) in [5, 5.41) is 6.96. The Hall–Kier alpha value is -1.52. The first kappa shape index (κ1) is 14.5. The van der Waals surface area contributed by atoms with Gasteiger partial charge in [0.25, 0.3) is 0 Å². The number of hydrogen-bond donors (Lipinski definition) is 2. The molecule has 1 amide bonds. The van der Waals surface area contributed by atoms with Crippen LogP contribution in [0.1, 0.15) is 34.1 Å². The van der Waals surface area contributed by atoms with E-state index in [1.54, 1.807) is 17.1 Å². The third kappa shape index (κ3) is 4.77. The highest BCUT2D eigenvalue weighted by molar-refractivity contribution is 5.76. The van der Waals surface area contributed by atoms with Crippen molar-refractivity contribution in [3.05, 3.63) is 12.4 Å². The Labute approximate surface area is 109 Å². The van der Waals surface area contributed by atoms with Crippen LogP contribution in [0.15, 0.2) is 12.4 Å². The summed E-state index contributed by atoms with van der Waals surface area (Å²) in [4.78, 5) is 11.7. The highest BCUT2D eigenvalue weighted by Crippen LogP contribution is 2.27. The van der Waals surface area contributed by atoms with Crippen LogP contribution < -0.4 is 11.1 Å². The number of nitrogen functional groups attached to an aromatic ring is 1. The highest BCUT2D eigenvalue weighted by atomic mass is 16.1. The van der Waals surface area contributed by atoms with E-state index >= 15 is 0 Å². The summed E-state index contributed by atoms with van der Waals surface area (Å²) in [6.07, 6.45) is 3.91. The van der Waals surface area contributed by atoms with Crippen molar-refractivity contribution in [3.8, 4) is 0 Å². The summed E-state index contributed by atoms with van der Waals surface area (Å²) in [6, 6.07) is 0. The normalized spacial score (nSPS) is 13.3. The van der Waals surface area contributed by atoms with Crippen molar-refractivity contribution in [2.24, 2.45) is 11.3 Å². The fraction of sp³-hybridized carbons (Fsp3) is 0.692. The molecule has 0 saturated heterocycles. The minimum Gasteiger partial charge on any atom is -0.396 e. The molecule has 0 aliphatic rings. The summed E-state index contributed by atoms with van der Waals surface area (Å²) >= 11 is 0. The number of nitrogens with zero attached hydrogens (tertiary/aromatic N) is 2. The van der Waals surface area contributed by atoms with Crippen molar-refractivity contribution in [2.45, 2.75) is 40.7 Å². The molecule has 0 saturated carbocycles. The number of nitrogens with one attached hydrogen (secondary N) is 1. The lowest BCUT2D eigenvalue weighted by Crippen LogP contribution is -2.31. The minimum absolute atomic E-state index is 0.0950. The van der Waals surface area contributed by atoms with Crippen molar-refractivity contribution in [1.29, 1.82) is 0 Å². The van der Waals surface area contributed by atoms with Gasteiger partial charge in [-0.05, 0) is 11.3 Å². The zero-order valence-corrected chi connectivity index (χ0v) is 11.7. The van der Waals surface area contributed by atoms with Gasteiger partial charge in [-0.3, -0.25) is 9.48 Å². The van der Waals surface area contributed by atoms with E-state index < -0.39 is 0 Å². The van der Waals surface area contributed by atoms with E-state index in [-0.39, 0.29) is 11.3 Å². The second-order valence-corrected chi connectivity index (χ2v) is 5.86. The zero-order valence-electron chi connectivity index (χ0n) is 11.7. The fourth-order valence-electron chi connectivity index (χ4n) is 1.47. The predicted octanol–water partition coefficient (Wildman–Crippen LogP) is 1.65. The zero-order chi connectivity index (χ0) is 13.8. The number of carbonyl (C=O) groups excluding carboxylic acids is 1. The van der Waals surface area contributed by atoms with Gasteiger partial charge in [0.2, 0.25) is 5.91 Å². The average molecular weight is 252 g/mol. The Balaban J connectivity index is 2.25. The maximum Gasteiger partial charge on any atom is 0.220 e. The van der Waals surface area contributed by atoms with Gasteiger partial charge in [0, 0.05) is 19.2 Å². The predicted molar refractivity (Wildman–Crippen MR) is 72.9 cm³/mol. The van der Waals surface area contributed by atoms with Crippen molar-refractivity contribution < 1.29 is 4.79 Å². The molecular formula is C13H24N4O. The Kier molecular flexibility index (Phi) is 4.76. The molecule has 5 heteroatoms. The molecule has 0 aromatic carbocycles. The molecule has 1 aromatic heterocycles. The Morgan fingerprint density at radius 2 is 2.22 bits per heavy atom. The molecule has 1 atom stereocenters. The lowest BCUT2D eigenvalue weighted by Gasteiger charge is -2.26. The van der Waals surface area contributed by atoms with Gasteiger partial charge in [0.15, 0.2) is 0 Å². The number of aromatic nitrogens is 2. The van der Waals surface area contributed by atoms with E-state index in [9.17, 15) is 4.79 Å². The molecule has 0 bridgehead atoms. The van der Waals surface area contributed by atoms with Gasteiger partial charge < -0.3 is 11.1 Å². The molecule has 0 spiro atoms. The van der Waals surface area contributed by atoms with Crippen molar-refractivity contribution >= 4 is 11.6 Å². The third-order valence-electron chi connectivity index (χ3n) is 3.29. The van der Waals surface area contributed by atoms with E-state index in [1.807, 2.05) is 0 Å². The molecule has 3 N–H and O–H groups in total. The van der Waals surface area contributed by atoms with Gasteiger partial charge in [0.1, 0.15) is 0 Å². The number of nitrogens with two attached hydrogens (primary N) is 1. The molecule has 1 unspecified atom stereocenters. The number of rotatable bonds is 5. The van der Waals surface area contributed by atoms with Gasteiger partial charge in [-0.1, -0.05) is 27.7 Å². The van der Waals surface area contributed by atoms with Crippen LogP contribution in [0.5, 0.6) is 0 Å². The van der Waals surface area contributed by atoms with E-state index in [4.69, 9.17) is 5.73 Å². The van der Waals surface area contributed by atoms with Crippen molar-refractivity contribution in [2.75, 3.05) is 12.3 Å². The third-order valence-corrected chi connectivity index (χ3v) is 3.29. The van der Waals surface area contributed by atoms with E-state index in [1.165, 1.54) is 0 Å². The summed E-state index contributed by atoms with van der Waals surface area (Å²) in [5.41, 5.74) is 6.36. The smallest absolute Gasteiger partial charge is 0.220 e. The largest absolute Gasteiger partial charge is 0.396 e. The standard InChI is InChI=1S/C13H24N4O/c1-10(13(2,3)4)7-12(18)15-5-6-17-9-11(14)8-16-17/h8-10H,5-7,14H2,1-4H3,(H,15,18). The molecule has 0 radical (unpaired) electrons. The van der Waals surface area contributed by atoms with Gasteiger partial charge in [-0.25, -0.2) is 0 Å². The minimum atomic E-state index is 0.0950. The first-order valence-corrected chi connectivity index (χ1v) is 6.33. The van der Waals surface area contributed by atoms with Crippen LogP contribution in [0.25, 0.3) is 0 Å². The van der Waals surface area contributed by atoms with Crippen molar-refractivity contribution in [3.63, 3.8) is 0 Å². The van der Waals surface area contributed by atoms with Crippen LogP contribution in [-0.4, -0.2) is 22.2 Å². The van der Waals surface area contributed by atoms with Crippen LogP contribution in [0, 0.1) is 11.3 Å². The van der Waals surface area contributed by atoms with E-state index in [0.29, 0.717) is 31.1 Å². The molecule has 1 heterocycles. The van der Waals surface area contributed by atoms with Crippen LogP contribution in [0.3, 0.4) is 0 Å². The quantitative estimate of drug-likeness (QED) is 0.837. The SMILES string of the molecule is CC(CC(=O)NCCn1cc(N)cn1)C(C)(C)C. The maximum atomic E-state index is 11.7. The summed E-state index contributed by atoms with van der Waals surface area (Å²) in [7, 11) is 0. The first-order valence-electron chi connectivity index (χ1n) is 6.33. The van der Waals surface area contributed by atoms with Gasteiger partial charge >= 0.3 is 0 Å². The van der Waals surface area contributed by atoms with Crippen LogP contribution >= 0.6 is 0 Å². The van der Waals surface area contributed by atoms with Crippen LogP contribution in [-0.2, 0) is 11.3 Å². The van der Waals surface area contributed by atoms with E-state index in [0.717, 1.165) is 0 Å². The highest BCUT2D eigenvalue weighted by Gasteiger charge is 2.22. The number of anilines is 1. The summed E-state index contributed by atoms with van der Waals surface area (Å²) in [6.45, 7) is 9.78. The second-order valence-electron chi connectivity index (χ2n) is 5.86. The Morgan fingerprint density at radius 3 is 2.72 bits per heavy atom. The average Bonchev–Trinajstić information content (AvgIpc) is 2.62. The van der Waals surface area contributed by atoms with Gasteiger partial charge in [-0.2, -0.15) is 5.10 Å². The molecule has 1 rings (SSSR count). The molecular weight excluding hydrogens is 228 g/mol. The fourth-order valence-corrected chi connectivity index (χ4v) is 1.47. The maximum absolute atomic E-state index is 11.7. The van der Waals surface area contributed by atoms with E-state index in [2.05, 4.69) is 38.1 Å². The summed E-state index contributed by atoms with van der Waals surface area (Å²) < 4.78 is 1.73. The Bertz CT molecular complexity index is 392. The molecule has 0 aliphatic carbocycles. The second kappa shape index (κ2) is 5.89. The Morgan fingerprint density at radius 1 is 1.56 bits per heavy atom. The number of carbonyl (C=O) groups is 1. The lowest BCUT2D eigenvalue weighted by atomic mass is 9.80. The molecule has 1 aromatic rings. The molecule has 5 nitrogen and oxygen atoms in total. The number of hydrogen-bond acceptors (Lipinski definition) is 3. The van der Waals surface area contributed by atoms with Gasteiger partial charge in [0.05, 0.1) is 18.4 Å². The first-order chi connectivity index (χ1) is 8.29. The molecule has 0 fully saturated rings. The molecule has 18 heavy (non-hydrogen) atoms. The topological polar surface area (TPSA) is 72.9 Å². The van der Waals surface area contributed by atoms with Crippen molar-refractivity contribution in [1.82, 2.24) is 15.1 Å². The molecule has 0 aliphatic heterocycles. The monoisotopic (exact) mass is 252 g/mol. The lowest BCUT2D eigenvalue weighted by molar-refractivity contribution is -0.122. The number of amides is 1. The van der Waals surface area contributed by atoms with Gasteiger partial charge in [-0.15, -0.1) is 0 Å².